The Morgan fingerprint density at radius 2 is 2.14 bits per heavy atom. The molecule has 0 aromatic heterocycles. The molecule has 1 aromatic carbocycles. The zero-order valence-corrected chi connectivity index (χ0v) is 12.4. The van der Waals surface area contributed by atoms with E-state index in [1.807, 2.05) is 6.07 Å². The van der Waals surface area contributed by atoms with Gasteiger partial charge in [-0.15, -0.1) is 0 Å². The Bertz CT molecular complexity index is 422. The van der Waals surface area contributed by atoms with Gasteiger partial charge < -0.3 is 20.5 Å². The maximum Gasteiger partial charge on any atom is 0.123 e. The number of halogens is 1. The standard InChI is InChI=1S/C16H25FN2O2/c17-14-3-1-2-13(12-14)16(18)6-9-19-7-4-15(5-8-19)21-11-10-20/h1-3,12,15-16,20H,4-11,18H2. The molecule has 0 amide bonds. The van der Waals surface area contributed by atoms with Crippen molar-refractivity contribution in [3.63, 3.8) is 0 Å². The van der Waals surface area contributed by atoms with Gasteiger partial charge in [0.15, 0.2) is 0 Å². The highest BCUT2D eigenvalue weighted by Gasteiger charge is 2.20. The van der Waals surface area contributed by atoms with Crippen LogP contribution in [-0.4, -0.2) is 49.0 Å². The van der Waals surface area contributed by atoms with Gasteiger partial charge in [0.25, 0.3) is 0 Å². The van der Waals surface area contributed by atoms with Gasteiger partial charge in [-0.2, -0.15) is 0 Å². The van der Waals surface area contributed by atoms with Gasteiger partial charge >= 0.3 is 0 Å². The number of nitrogens with two attached hydrogens (primary N) is 1. The van der Waals surface area contributed by atoms with Crippen molar-refractivity contribution in [1.82, 2.24) is 4.90 Å². The highest BCUT2D eigenvalue weighted by molar-refractivity contribution is 5.19. The highest BCUT2D eigenvalue weighted by atomic mass is 19.1. The first-order valence-electron chi connectivity index (χ1n) is 7.65. The van der Waals surface area contributed by atoms with Gasteiger partial charge in [-0.3, -0.25) is 0 Å². The number of hydrogen-bond donors (Lipinski definition) is 2. The fraction of sp³-hybridized carbons (Fsp3) is 0.625. The lowest BCUT2D eigenvalue weighted by molar-refractivity contribution is -0.00802. The van der Waals surface area contributed by atoms with E-state index in [1.165, 1.54) is 12.1 Å². The smallest absolute Gasteiger partial charge is 0.123 e. The molecule has 1 aromatic rings. The molecule has 1 aliphatic rings. The van der Waals surface area contributed by atoms with Crippen LogP contribution in [0.15, 0.2) is 24.3 Å². The second-order valence-electron chi connectivity index (χ2n) is 5.59. The van der Waals surface area contributed by atoms with Crippen molar-refractivity contribution < 1.29 is 14.2 Å². The Morgan fingerprint density at radius 1 is 1.38 bits per heavy atom. The normalized spacial score (nSPS) is 18.8. The zero-order chi connectivity index (χ0) is 15.1. The molecule has 1 aliphatic heterocycles. The number of likely N-dealkylation sites (tertiary alicyclic amines) is 1. The van der Waals surface area contributed by atoms with E-state index in [-0.39, 0.29) is 24.6 Å². The third-order valence-corrected chi connectivity index (χ3v) is 4.01. The van der Waals surface area contributed by atoms with E-state index >= 15 is 0 Å². The van der Waals surface area contributed by atoms with E-state index in [4.69, 9.17) is 15.6 Å². The topological polar surface area (TPSA) is 58.7 Å². The number of ether oxygens (including phenoxy) is 1. The first kappa shape index (κ1) is 16.4. The SMILES string of the molecule is NC(CCN1CCC(OCCO)CC1)c1cccc(F)c1. The first-order chi connectivity index (χ1) is 10.2. The highest BCUT2D eigenvalue weighted by Crippen LogP contribution is 2.18. The summed E-state index contributed by atoms with van der Waals surface area (Å²) in [5.74, 6) is -0.232. The number of nitrogens with zero attached hydrogens (tertiary/aromatic N) is 1. The van der Waals surface area contributed by atoms with Crippen LogP contribution in [0, 0.1) is 5.82 Å². The minimum Gasteiger partial charge on any atom is -0.394 e. The molecule has 118 valence electrons. The summed E-state index contributed by atoms with van der Waals surface area (Å²) in [6.45, 7) is 3.42. The number of benzene rings is 1. The van der Waals surface area contributed by atoms with Gasteiger partial charge in [-0.1, -0.05) is 12.1 Å². The van der Waals surface area contributed by atoms with Crippen molar-refractivity contribution in [3.8, 4) is 0 Å². The van der Waals surface area contributed by atoms with Gasteiger partial charge in [0.2, 0.25) is 0 Å². The van der Waals surface area contributed by atoms with Crippen LogP contribution in [0.25, 0.3) is 0 Å². The van der Waals surface area contributed by atoms with Crippen molar-refractivity contribution in [1.29, 1.82) is 0 Å². The zero-order valence-electron chi connectivity index (χ0n) is 12.4. The molecule has 4 nitrogen and oxygen atoms in total. The number of aliphatic hydroxyl groups excluding tert-OH is 1. The molecule has 0 saturated carbocycles. The van der Waals surface area contributed by atoms with Gasteiger partial charge in [0.05, 0.1) is 19.3 Å². The van der Waals surface area contributed by atoms with Crippen molar-refractivity contribution in [2.24, 2.45) is 5.73 Å². The van der Waals surface area contributed by atoms with Crippen LogP contribution in [0.2, 0.25) is 0 Å². The van der Waals surface area contributed by atoms with Crippen LogP contribution in [0.4, 0.5) is 4.39 Å². The Kier molecular flexibility index (Phi) is 6.57. The average Bonchev–Trinajstić information content (AvgIpc) is 2.51. The quantitative estimate of drug-likeness (QED) is 0.804. The van der Waals surface area contributed by atoms with E-state index < -0.39 is 0 Å². The monoisotopic (exact) mass is 296 g/mol. The number of aliphatic hydroxyl groups is 1. The molecule has 1 heterocycles. The summed E-state index contributed by atoms with van der Waals surface area (Å²) in [5, 5.41) is 8.75. The lowest BCUT2D eigenvalue weighted by Gasteiger charge is -2.32. The summed E-state index contributed by atoms with van der Waals surface area (Å²) < 4.78 is 18.7. The van der Waals surface area contributed by atoms with Crippen molar-refractivity contribution in [2.45, 2.75) is 31.4 Å². The molecule has 0 bridgehead atoms. The molecular weight excluding hydrogens is 271 g/mol. The fourth-order valence-corrected chi connectivity index (χ4v) is 2.74. The first-order valence-corrected chi connectivity index (χ1v) is 7.65. The van der Waals surface area contributed by atoms with E-state index in [0.29, 0.717) is 6.61 Å². The van der Waals surface area contributed by atoms with Crippen molar-refractivity contribution in [2.75, 3.05) is 32.8 Å². The van der Waals surface area contributed by atoms with Crippen LogP contribution in [0.5, 0.6) is 0 Å². The van der Waals surface area contributed by atoms with Crippen LogP contribution in [0.1, 0.15) is 30.9 Å². The largest absolute Gasteiger partial charge is 0.394 e. The Morgan fingerprint density at radius 3 is 2.81 bits per heavy atom. The molecule has 2 rings (SSSR count). The molecule has 1 unspecified atom stereocenters. The second kappa shape index (κ2) is 8.44. The lowest BCUT2D eigenvalue weighted by Crippen LogP contribution is -2.38. The minimum atomic E-state index is -0.232. The Hall–Kier alpha value is -1.01. The summed E-state index contributed by atoms with van der Waals surface area (Å²) in [5.41, 5.74) is 6.99. The molecule has 21 heavy (non-hydrogen) atoms. The van der Waals surface area contributed by atoms with Crippen LogP contribution < -0.4 is 5.73 Å². The Labute approximate surface area is 125 Å². The molecule has 0 radical (unpaired) electrons. The van der Waals surface area contributed by atoms with Crippen LogP contribution in [-0.2, 0) is 4.74 Å². The van der Waals surface area contributed by atoms with E-state index in [0.717, 1.165) is 44.5 Å². The lowest BCUT2D eigenvalue weighted by atomic mass is 10.0. The van der Waals surface area contributed by atoms with Gasteiger partial charge in [-0.25, -0.2) is 4.39 Å². The summed E-state index contributed by atoms with van der Waals surface area (Å²) >= 11 is 0. The fourth-order valence-electron chi connectivity index (χ4n) is 2.74. The summed E-state index contributed by atoms with van der Waals surface area (Å²) in [4.78, 5) is 2.37. The van der Waals surface area contributed by atoms with Crippen molar-refractivity contribution in [3.05, 3.63) is 35.6 Å². The number of piperidine rings is 1. The minimum absolute atomic E-state index is 0.0860. The Balaban J connectivity index is 1.69. The van der Waals surface area contributed by atoms with Crippen LogP contribution in [0.3, 0.4) is 0 Å². The molecule has 1 atom stereocenters. The predicted molar refractivity (Wildman–Crippen MR) is 80.4 cm³/mol. The maximum atomic E-state index is 13.2. The molecule has 0 aliphatic carbocycles. The molecule has 0 spiro atoms. The van der Waals surface area contributed by atoms with Gasteiger partial charge in [0, 0.05) is 19.1 Å². The molecule has 1 saturated heterocycles. The van der Waals surface area contributed by atoms with Crippen LogP contribution >= 0.6 is 0 Å². The van der Waals surface area contributed by atoms with E-state index in [2.05, 4.69) is 4.90 Å². The maximum absolute atomic E-state index is 13.2. The predicted octanol–water partition coefficient (Wildman–Crippen LogP) is 1.69. The number of hydrogen-bond acceptors (Lipinski definition) is 4. The summed E-state index contributed by atoms with van der Waals surface area (Å²) in [6.07, 6.45) is 3.08. The van der Waals surface area contributed by atoms with Gasteiger partial charge in [0.1, 0.15) is 5.82 Å². The summed E-state index contributed by atoms with van der Waals surface area (Å²) in [6, 6.07) is 6.41. The van der Waals surface area contributed by atoms with E-state index in [1.54, 1.807) is 6.07 Å². The summed E-state index contributed by atoms with van der Waals surface area (Å²) in [7, 11) is 0. The van der Waals surface area contributed by atoms with Crippen molar-refractivity contribution >= 4 is 0 Å². The molecular formula is C16H25FN2O2. The van der Waals surface area contributed by atoms with Gasteiger partial charge in [-0.05, 0) is 43.5 Å². The van der Waals surface area contributed by atoms with E-state index in [9.17, 15) is 4.39 Å². The third-order valence-electron chi connectivity index (χ3n) is 4.01. The number of rotatable bonds is 7. The average molecular weight is 296 g/mol. The second-order valence-corrected chi connectivity index (χ2v) is 5.59. The molecule has 5 heteroatoms. The molecule has 1 fully saturated rings. The third kappa shape index (κ3) is 5.36. The molecule has 3 N–H and O–H groups in total.